The monoisotopic (exact) mass is 476 g/mol. The fourth-order valence-electron chi connectivity index (χ4n) is 3.86. The molecule has 0 saturated heterocycles. The van der Waals surface area contributed by atoms with Gasteiger partial charge >= 0.3 is 26.8 Å². The molecular formula is C21H40N2O8Si. The third-order valence-corrected chi connectivity index (χ3v) is 8.44. The highest BCUT2D eigenvalue weighted by Gasteiger charge is 2.39. The van der Waals surface area contributed by atoms with Crippen molar-refractivity contribution < 1.29 is 37.1 Å². The summed E-state index contributed by atoms with van der Waals surface area (Å²) >= 11 is 0. The van der Waals surface area contributed by atoms with E-state index in [0.29, 0.717) is 12.5 Å². The lowest BCUT2D eigenvalue weighted by molar-refractivity contribution is -0.155. The van der Waals surface area contributed by atoms with Crippen LogP contribution >= 0.6 is 0 Å². The van der Waals surface area contributed by atoms with Crippen molar-refractivity contribution in [3.63, 3.8) is 0 Å². The molecule has 1 atom stereocenters. The Morgan fingerprint density at radius 3 is 2.09 bits per heavy atom. The number of hydrogen-bond acceptors (Lipinski definition) is 8. The Labute approximate surface area is 192 Å². The molecule has 0 aromatic carbocycles. The van der Waals surface area contributed by atoms with Crippen molar-refractivity contribution in [3.8, 4) is 0 Å². The van der Waals surface area contributed by atoms with E-state index in [2.05, 4.69) is 5.32 Å². The molecule has 1 rings (SSSR count). The molecule has 1 saturated carbocycles. The molecule has 1 aliphatic carbocycles. The van der Waals surface area contributed by atoms with Crippen molar-refractivity contribution in [2.45, 2.75) is 76.9 Å². The molecule has 0 spiro atoms. The van der Waals surface area contributed by atoms with E-state index < -0.39 is 32.8 Å². The second kappa shape index (κ2) is 15.2. The van der Waals surface area contributed by atoms with Gasteiger partial charge in [0.2, 0.25) is 0 Å². The third-order valence-electron chi connectivity index (χ3n) is 5.61. The molecule has 0 heterocycles. The van der Waals surface area contributed by atoms with Crippen molar-refractivity contribution in [2.24, 2.45) is 0 Å². The van der Waals surface area contributed by atoms with E-state index in [0.717, 1.165) is 32.1 Å². The van der Waals surface area contributed by atoms with Gasteiger partial charge in [0.05, 0.1) is 19.6 Å². The maximum Gasteiger partial charge on any atom is 0.500 e. The van der Waals surface area contributed by atoms with Gasteiger partial charge in [-0.05, 0) is 33.1 Å². The Hall–Kier alpha value is -1.69. The van der Waals surface area contributed by atoms with Crippen LogP contribution in [0.1, 0.15) is 58.8 Å². The van der Waals surface area contributed by atoms with Gasteiger partial charge < -0.3 is 33.0 Å². The SMILES string of the molecule is CCOC(=O)CC(C(=O)OCC)N(CCC[Si](OC)(OC)OC)C(=O)NC1CCCCC1. The summed E-state index contributed by atoms with van der Waals surface area (Å²) in [6, 6.07) is -0.979. The van der Waals surface area contributed by atoms with Gasteiger partial charge in [-0.25, -0.2) is 9.59 Å². The first-order valence-electron chi connectivity index (χ1n) is 11.4. The number of carbonyl (C=O) groups is 3. The average Bonchev–Trinajstić information content (AvgIpc) is 2.79. The summed E-state index contributed by atoms with van der Waals surface area (Å²) in [4.78, 5) is 39.6. The molecule has 0 aromatic heterocycles. The minimum atomic E-state index is -2.85. The van der Waals surface area contributed by atoms with Crippen LogP contribution in [0.2, 0.25) is 6.04 Å². The topological polar surface area (TPSA) is 113 Å². The Balaban J connectivity index is 3.04. The first-order valence-corrected chi connectivity index (χ1v) is 13.3. The number of esters is 2. The van der Waals surface area contributed by atoms with E-state index in [9.17, 15) is 14.4 Å². The van der Waals surface area contributed by atoms with Gasteiger partial charge in [-0.15, -0.1) is 0 Å². The first-order chi connectivity index (χ1) is 15.4. The van der Waals surface area contributed by atoms with E-state index in [1.165, 1.54) is 26.2 Å². The quantitative estimate of drug-likeness (QED) is 0.301. The zero-order valence-corrected chi connectivity index (χ0v) is 21.1. The van der Waals surface area contributed by atoms with E-state index in [1.807, 2.05) is 0 Å². The van der Waals surface area contributed by atoms with Crippen molar-refractivity contribution in [1.82, 2.24) is 10.2 Å². The first kappa shape index (κ1) is 28.3. The highest BCUT2D eigenvalue weighted by Crippen LogP contribution is 2.20. The lowest BCUT2D eigenvalue weighted by atomic mass is 9.96. The van der Waals surface area contributed by atoms with E-state index in [-0.39, 0.29) is 32.2 Å². The number of nitrogens with zero attached hydrogens (tertiary/aromatic N) is 1. The van der Waals surface area contributed by atoms with Crippen LogP contribution in [-0.2, 0) is 32.3 Å². The maximum atomic E-state index is 13.2. The number of hydrogen-bond donors (Lipinski definition) is 1. The van der Waals surface area contributed by atoms with Crippen LogP contribution in [0.25, 0.3) is 0 Å². The summed E-state index contributed by atoms with van der Waals surface area (Å²) in [5, 5.41) is 3.04. The lowest BCUT2D eigenvalue weighted by Gasteiger charge is -2.33. The zero-order valence-electron chi connectivity index (χ0n) is 20.1. The number of nitrogens with one attached hydrogen (secondary N) is 1. The van der Waals surface area contributed by atoms with Crippen LogP contribution < -0.4 is 5.32 Å². The average molecular weight is 477 g/mol. The summed E-state index contributed by atoms with van der Waals surface area (Å²) in [5.74, 6) is -1.19. The molecule has 10 nitrogen and oxygen atoms in total. The molecule has 0 aromatic rings. The molecule has 0 bridgehead atoms. The molecule has 2 amide bonds. The van der Waals surface area contributed by atoms with Gasteiger partial charge in [0.15, 0.2) is 0 Å². The van der Waals surface area contributed by atoms with Gasteiger partial charge in [0.1, 0.15) is 6.04 Å². The number of rotatable bonds is 14. The molecule has 1 unspecified atom stereocenters. The minimum absolute atomic E-state index is 0.0505. The maximum absolute atomic E-state index is 13.2. The standard InChI is InChI=1S/C21H40N2O8Si/c1-6-30-19(24)16-18(20(25)31-7-2)23(14-11-15-32(27-3,28-4)29-5)21(26)22-17-12-9-8-10-13-17/h17-18H,6-16H2,1-5H3,(H,22,26). The van der Waals surface area contributed by atoms with Crippen molar-refractivity contribution in [2.75, 3.05) is 41.1 Å². The highest BCUT2D eigenvalue weighted by atomic mass is 28.4. The van der Waals surface area contributed by atoms with Gasteiger partial charge in [0.25, 0.3) is 0 Å². The molecule has 1 N–H and O–H groups in total. The molecule has 0 aliphatic heterocycles. The molecule has 1 fully saturated rings. The zero-order chi connectivity index (χ0) is 24.0. The van der Waals surface area contributed by atoms with Crippen LogP contribution in [0.4, 0.5) is 4.79 Å². The summed E-state index contributed by atoms with van der Waals surface area (Å²) < 4.78 is 26.6. The van der Waals surface area contributed by atoms with Gasteiger partial charge in [0, 0.05) is 40.0 Å². The fourth-order valence-corrected chi connectivity index (χ4v) is 5.57. The Morgan fingerprint density at radius 1 is 0.969 bits per heavy atom. The van der Waals surface area contributed by atoms with Crippen molar-refractivity contribution >= 4 is 26.8 Å². The Bertz CT molecular complexity index is 574. The van der Waals surface area contributed by atoms with Crippen LogP contribution in [0.3, 0.4) is 0 Å². The summed E-state index contributed by atoms with van der Waals surface area (Å²) in [6.45, 7) is 3.90. The largest absolute Gasteiger partial charge is 0.500 e. The molecule has 0 radical (unpaired) electrons. The van der Waals surface area contributed by atoms with Crippen LogP contribution in [-0.4, -0.2) is 84.8 Å². The summed E-state index contributed by atoms with van der Waals surface area (Å²) in [5.41, 5.74) is 0. The van der Waals surface area contributed by atoms with Gasteiger partial charge in [-0.3, -0.25) is 4.79 Å². The molecule has 186 valence electrons. The normalized spacial score (nSPS) is 15.7. The van der Waals surface area contributed by atoms with Crippen molar-refractivity contribution in [1.29, 1.82) is 0 Å². The number of urea groups is 1. The Morgan fingerprint density at radius 2 is 1.56 bits per heavy atom. The molecule has 1 aliphatic rings. The second-order valence-electron chi connectivity index (χ2n) is 7.65. The predicted octanol–water partition coefficient (Wildman–Crippen LogP) is 2.48. The fraction of sp³-hybridized carbons (Fsp3) is 0.857. The van der Waals surface area contributed by atoms with Crippen LogP contribution in [0.5, 0.6) is 0 Å². The highest BCUT2D eigenvalue weighted by molar-refractivity contribution is 6.60. The van der Waals surface area contributed by atoms with E-state index >= 15 is 0 Å². The Kier molecular flexibility index (Phi) is 13.5. The molecular weight excluding hydrogens is 436 g/mol. The molecule has 11 heteroatoms. The lowest BCUT2D eigenvalue weighted by Crippen LogP contribution is -2.54. The van der Waals surface area contributed by atoms with Gasteiger partial charge in [-0.2, -0.15) is 0 Å². The summed E-state index contributed by atoms with van der Waals surface area (Å²) in [6.07, 6.45) is 5.24. The third kappa shape index (κ3) is 9.05. The number of amides is 2. The number of ether oxygens (including phenoxy) is 2. The molecule has 32 heavy (non-hydrogen) atoms. The van der Waals surface area contributed by atoms with Crippen LogP contribution in [0, 0.1) is 0 Å². The minimum Gasteiger partial charge on any atom is -0.466 e. The smallest absolute Gasteiger partial charge is 0.466 e. The van der Waals surface area contributed by atoms with Crippen LogP contribution in [0.15, 0.2) is 0 Å². The van der Waals surface area contributed by atoms with E-state index in [4.69, 9.17) is 22.8 Å². The van der Waals surface area contributed by atoms with Gasteiger partial charge in [-0.1, -0.05) is 19.3 Å². The number of carbonyl (C=O) groups excluding carboxylic acids is 3. The van der Waals surface area contributed by atoms with Crippen molar-refractivity contribution in [3.05, 3.63) is 0 Å². The van der Waals surface area contributed by atoms with E-state index in [1.54, 1.807) is 13.8 Å². The second-order valence-corrected chi connectivity index (χ2v) is 10.7. The summed E-state index contributed by atoms with van der Waals surface area (Å²) in [7, 11) is 1.72. The predicted molar refractivity (Wildman–Crippen MR) is 120 cm³/mol.